The maximum Gasteiger partial charge on any atom is 0.240 e. The zero-order valence-corrected chi connectivity index (χ0v) is 46.6. The molecule has 0 N–H and O–H groups in total. The molecule has 0 unspecified atom stereocenters. The molecule has 15 rings (SSSR count). The van der Waals surface area contributed by atoms with Crippen molar-refractivity contribution in [1.29, 1.82) is 0 Å². The second-order valence-corrected chi connectivity index (χ2v) is 28.2. The first-order valence-electron chi connectivity index (χ1n) is 29.3. The minimum absolute atomic E-state index is 0.0212. The van der Waals surface area contributed by atoms with E-state index in [1.165, 1.54) is 0 Å². The van der Waals surface area contributed by atoms with Gasteiger partial charge in [-0.2, -0.15) is 15.0 Å². The molecule has 0 spiro atoms. The minimum Gasteiger partial charge on any atom is -0.278 e. The Bertz CT molecular complexity index is 4610. The van der Waals surface area contributed by atoms with Crippen molar-refractivity contribution in [1.82, 2.24) is 24.1 Å². The number of rotatable bonds is 12. The fourth-order valence-electron chi connectivity index (χ4n) is 12.8. The largest absolute Gasteiger partial charge is 0.278 e. The molecular weight excluding hydrogens is 1030 g/mol. The predicted molar refractivity (Wildman–Crippen MR) is 347 cm³/mol. The average Bonchev–Trinajstić information content (AvgIpc) is 1.89. The molecule has 386 valence electrons. The van der Waals surface area contributed by atoms with Gasteiger partial charge in [-0.1, -0.05) is 297 Å². The topological polar surface area (TPSA) is 48.5 Å². The second kappa shape index (κ2) is 20.4. The summed E-state index contributed by atoms with van der Waals surface area (Å²) in [5.74, 6) is 0.818. The van der Waals surface area contributed by atoms with Gasteiger partial charge in [-0.25, -0.2) is 0 Å². The molecule has 0 radical (unpaired) electrons. The minimum atomic E-state index is -3.95. The van der Waals surface area contributed by atoms with Crippen molar-refractivity contribution in [2.24, 2.45) is 0 Å². The molecule has 82 heavy (non-hydrogen) atoms. The average molecular weight is 1080 g/mol. The highest BCUT2D eigenvalue weighted by atomic mass is 28.3. The van der Waals surface area contributed by atoms with E-state index in [1.54, 1.807) is 0 Å². The van der Waals surface area contributed by atoms with Gasteiger partial charge in [0.25, 0.3) is 0 Å². The van der Waals surface area contributed by atoms with Crippen LogP contribution in [0, 0.1) is 0 Å². The Balaban J connectivity index is 1.18. The van der Waals surface area contributed by atoms with Crippen molar-refractivity contribution in [3.05, 3.63) is 321 Å². The quantitative estimate of drug-likeness (QED) is 0.0905. The number of para-hydroxylation sites is 4. The predicted octanol–water partition coefficient (Wildman–Crippen LogP) is 12.2. The Morgan fingerprint density at radius 3 is 0.902 bits per heavy atom. The second-order valence-electron chi connectivity index (χ2n) is 20.8. The molecule has 12 aromatic carbocycles. The summed E-state index contributed by atoms with van der Waals surface area (Å²) in [7, 11) is -7.80. The third-order valence-corrected chi connectivity index (χ3v) is 25.5. The van der Waals surface area contributed by atoms with Crippen LogP contribution in [0.15, 0.2) is 321 Å². The lowest BCUT2D eigenvalue weighted by Gasteiger charge is -2.38. The summed E-state index contributed by atoms with van der Waals surface area (Å²) >= 11 is 0. The molecule has 5 nitrogen and oxygen atoms in total. The van der Waals surface area contributed by atoms with Crippen LogP contribution in [0.25, 0.3) is 78.0 Å². The maximum absolute atomic E-state index is 11.7. The lowest BCUT2D eigenvalue weighted by atomic mass is 10.1. The number of hydrogen-bond donors (Lipinski definition) is 0. The van der Waals surface area contributed by atoms with Crippen LogP contribution in [0.1, 0.15) is 4.11 Å². The van der Waals surface area contributed by atoms with Crippen LogP contribution >= 0.6 is 0 Å². The van der Waals surface area contributed by atoms with Gasteiger partial charge in [-0.3, -0.25) is 9.13 Å². The van der Waals surface area contributed by atoms with Crippen molar-refractivity contribution < 1.29 is 4.11 Å². The number of hydrogen-bond acceptors (Lipinski definition) is 3. The summed E-state index contributed by atoms with van der Waals surface area (Å²) in [5.41, 5.74) is 5.88. The lowest BCUT2D eigenvalue weighted by Crippen LogP contribution is -2.78. The van der Waals surface area contributed by atoms with E-state index in [0.717, 1.165) is 85.9 Å². The fraction of sp³-hybridized carbons (Fsp3) is 0. The third kappa shape index (κ3) is 7.92. The molecule has 15 aromatic rings. The molecule has 0 fully saturated rings. The first kappa shape index (κ1) is 45.5. The summed E-state index contributed by atoms with van der Waals surface area (Å²) < 4.78 is 38.8. The lowest BCUT2D eigenvalue weighted by molar-refractivity contribution is 0.893. The maximum atomic E-state index is 11.7. The van der Waals surface area contributed by atoms with Gasteiger partial charge < -0.3 is 0 Å². The van der Waals surface area contributed by atoms with Gasteiger partial charge in [-0.15, -0.1) is 0 Å². The molecule has 0 amide bonds. The SMILES string of the molecule is [2H]c1c(-c2nc(-n3c4ccccc4c4ccccc43)nc(-n3c4ccccc4c4ccccc43)n2)c([2H])c([Si](c2ccccc2)(c2ccccc2)c2cccc(-c3ccccc3)c2)c([2H])c1[Si](c1ccccc1)(c1ccccc1)c1ccccc1. The Hall–Kier alpha value is -10.3. The van der Waals surface area contributed by atoms with E-state index in [2.05, 4.69) is 252 Å². The molecule has 7 heteroatoms. The van der Waals surface area contributed by atoms with Gasteiger partial charge >= 0.3 is 0 Å². The highest BCUT2D eigenvalue weighted by Gasteiger charge is 2.46. The fourth-order valence-corrected chi connectivity index (χ4v) is 22.1. The summed E-state index contributed by atoms with van der Waals surface area (Å²) in [4.78, 5) is 16.9. The highest BCUT2D eigenvalue weighted by molar-refractivity contribution is 7.22. The molecule has 0 aliphatic rings. The van der Waals surface area contributed by atoms with Crippen LogP contribution < -0.4 is 41.5 Å². The molecule has 0 saturated heterocycles. The van der Waals surface area contributed by atoms with Gasteiger partial charge in [0, 0.05) is 27.1 Å². The van der Waals surface area contributed by atoms with E-state index in [1.807, 2.05) is 60.7 Å². The Morgan fingerprint density at radius 1 is 0.244 bits per heavy atom. The van der Waals surface area contributed by atoms with E-state index in [0.29, 0.717) is 22.3 Å². The normalized spacial score (nSPS) is 12.4. The third-order valence-electron chi connectivity index (χ3n) is 16.3. The summed E-state index contributed by atoms with van der Waals surface area (Å²) in [5, 5.41) is 11.2. The van der Waals surface area contributed by atoms with Crippen LogP contribution in [-0.2, 0) is 0 Å². The Kier molecular flexibility index (Phi) is 11.3. The zero-order chi connectivity index (χ0) is 57.1. The number of nitrogens with zero attached hydrogens (tertiary/aromatic N) is 5. The van der Waals surface area contributed by atoms with Crippen LogP contribution in [0.3, 0.4) is 0 Å². The summed E-state index contributed by atoms with van der Waals surface area (Å²) in [6.07, 6.45) is 0. The van der Waals surface area contributed by atoms with Gasteiger partial charge in [0.1, 0.15) is 0 Å². The van der Waals surface area contributed by atoms with Gasteiger partial charge in [0.15, 0.2) is 22.0 Å². The van der Waals surface area contributed by atoms with E-state index in [9.17, 15) is 4.11 Å². The van der Waals surface area contributed by atoms with Crippen molar-refractivity contribution in [3.63, 3.8) is 0 Å². The van der Waals surface area contributed by atoms with Gasteiger partial charge in [0.05, 0.1) is 26.2 Å². The monoisotopic (exact) mass is 1080 g/mol. The first-order valence-corrected chi connectivity index (χ1v) is 31.8. The molecule has 0 aliphatic carbocycles. The van der Waals surface area contributed by atoms with Gasteiger partial charge in [-0.05, 0) is 76.9 Å². The number of aromatic nitrogens is 5. The highest BCUT2D eigenvalue weighted by Crippen LogP contribution is 2.35. The van der Waals surface area contributed by atoms with E-state index >= 15 is 0 Å². The Labute approximate surface area is 482 Å². The van der Waals surface area contributed by atoms with E-state index in [4.69, 9.17) is 15.0 Å². The van der Waals surface area contributed by atoms with Crippen LogP contribution in [0.2, 0.25) is 0 Å². The van der Waals surface area contributed by atoms with E-state index < -0.39 is 16.1 Å². The molecule has 0 aliphatic heterocycles. The molecule has 0 saturated carbocycles. The van der Waals surface area contributed by atoms with Gasteiger partial charge in [0.2, 0.25) is 11.9 Å². The van der Waals surface area contributed by atoms with Crippen LogP contribution in [-0.4, -0.2) is 40.2 Å². The number of fused-ring (bicyclic) bond motifs is 6. The number of benzene rings is 12. The standard InChI is InChI=1S/C75H53N5Si2/c1-7-28-54(29-8-1)55-30-27-41-62(50-55)82(60-37-15-5-16-38-60,61-39-17-6-18-40-61)64-52-56(51-63(53-64)81(57-31-9-2-10-32-57,58-33-11-3-12-34-58)59-35-13-4-14-36-59)73-76-74(79-69-46-23-19-42-65(69)66-43-20-24-47-70(66)79)78-75(77-73)80-71-48-25-21-44-67(71)68-45-22-26-49-72(68)80/h1-53H/i51D,52D,53D. The van der Waals surface area contributed by atoms with E-state index in [-0.39, 0.29) is 29.5 Å². The van der Waals surface area contributed by atoms with Crippen LogP contribution in [0.4, 0.5) is 0 Å². The zero-order valence-electron chi connectivity index (χ0n) is 47.6. The van der Waals surface area contributed by atoms with Crippen molar-refractivity contribution in [2.75, 3.05) is 0 Å². The first-order chi connectivity index (χ1) is 42.0. The molecule has 0 atom stereocenters. The molecule has 3 aromatic heterocycles. The molecule has 3 heterocycles. The van der Waals surface area contributed by atoms with Crippen molar-refractivity contribution in [3.8, 4) is 34.4 Å². The molecular formula is C75H53N5Si2. The smallest absolute Gasteiger partial charge is 0.240 e. The van der Waals surface area contributed by atoms with Crippen molar-refractivity contribution in [2.45, 2.75) is 0 Å². The summed E-state index contributed by atoms with van der Waals surface area (Å²) in [6, 6.07) is 105. The summed E-state index contributed by atoms with van der Waals surface area (Å²) in [6.45, 7) is 0. The Morgan fingerprint density at radius 2 is 0.537 bits per heavy atom. The van der Waals surface area contributed by atoms with Crippen LogP contribution in [0.5, 0.6) is 0 Å². The van der Waals surface area contributed by atoms with Crippen molar-refractivity contribution >= 4 is 101 Å². The molecule has 0 bridgehead atoms.